The van der Waals surface area contributed by atoms with Gasteiger partial charge >= 0.3 is 0 Å². The van der Waals surface area contributed by atoms with Crippen molar-refractivity contribution in [1.82, 2.24) is 15.0 Å². The normalized spacial score (nSPS) is 10.3. The van der Waals surface area contributed by atoms with Gasteiger partial charge in [0, 0.05) is 30.9 Å². The minimum absolute atomic E-state index is 0.559. The molecular formula is C12H18N6S. The fraction of sp³-hybridized carbons (Fsp3) is 0.417. The van der Waals surface area contributed by atoms with E-state index in [2.05, 4.69) is 44.6 Å². The van der Waals surface area contributed by atoms with E-state index in [1.165, 1.54) is 9.75 Å². The third-order valence-corrected chi connectivity index (χ3v) is 3.46. The standard InChI is InChI=1S/C12H18N6S/c1-8-5-6-9(19-8)7-14-11-15-10(13-2)16-12(17-11)18(3)4/h5-6H,7H2,1-4H3,(H2,13,14,15,16,17). The monoisotopic (exact) mass is 278 g/mol. The van der Waals surface area contributed by atoms with Crippen molar-refractivity contribution in [2.75, 3.05) is 36.7 Å². The van der Waals surface area contributed by atoms with Crippen LogP contribution in [0.1, 0.15) is 9.75 Å². The molecule has 0 aliphatic rings. The summed E-state index contributed by atoms with van der Waals surface area (Å²) >= 11 is 1.77. The molecule has 2 aromatic rings. The Hall–Kier alpha value is -1.89. The van der Waals surface area contributed by atoms with Gasteiger partial charge in [0.25, 0.3) is 0 Å². The van der Waals surface area contributed by atoms with Gasteiger partial charge in [-0.3, -0.25) is 0 Å². The van der Waals surface area contributed by atoms with E-state index < -0.39 is 0 Å². The van der Waals surface area contributed by atoms with Crippen LogP contribution in [0.3, 0.4) is 0 Å². The third kappa shape index (κ3) is 3.54. The number of nitrogens with one attached hydrogen (secondary N) is 2. The Morgan fingerprint density at radius 2 is 1.89 bits per heavy atom. The van der Waals surface area contributed by atoms with Crippen LogP contribution in [0.2, 0.25) is 0 Å². The Bertz CT molecular complexity index is 551. The van der Waals surface area contributed by atoms with Gasteiger partial charge in [-0.2, -0.15) is 15.0 Å². The van der Waals surface area contributed by atoms with E-state index >= 15 is 0 Å². The van der Waals surface area contributed by atoms with E-state index in [1.807, 2.05) is 19.0 Å². The van der Waals surface area contributed by atoms with Crippen LogP contribution in [0.4, 0.5) is 17.8 Å². The van der Waals surface area contributed by atoms with Gasteiger partial charge in [0.1, 0.15) is 0 Å². The van der Waals surface area contributed by atoms with Gasteiger partial charge in [0.05, 0.1) is 6.54 Å². The van der Waals surface area contributed by atoms with Crippen LogP contribution < -0.4 is 15.5 Å². The zero-order valence-electron chi connectivity index (χ0n) is 11.6. The molecule has 0 fully saturated rings. The first-order valence-corrected chi connectivity index (χ1v) is 6.80. The molecule has 0 aliphatic heterocycles. The Balaban J connectivity index is 2.12. The summed E-state index contributed by atoms with van der Waals surface area (Å²) in [6.45, 7) is 2.82. The first kappa shape index (κ1) is 13.5. The zero-order chi connectivity index (χ0) is 13.8. The van der Waals surface area contributed by atoms with Crippen molar-refractivity contribution in [3.05, 3.63) is 21.9 Å². The number of aromatic nitrogens is 3. The molecule has 0 aliphatic carbocycles. The average molecular weight is 278 g/mol. The fourth-order valence-corrected chi connectivity index (χ4v) is 2.33. The zero-order valence-corrected chi connectivity index (χ0v) is 12.4. The summed E-state index contributed by atoms with van der Waals surface area (Å²) in [6, 6.07) is 4.22. The minimum atomic E-state index is 0.559. The van der Waals surface area contributed by atoms with E-state index in [0.29, 0.717) is 17.8 Å². The Kier molecular flexibility index (Phi) is 4.16. The van der Waals surface area contributed by atoms with E-state index in [1.54, 1.807) is 18.4 Å². The van der Waals surface area contributed by atoms with Crippen molar-refractivity contribution < 1.29 is 0 Å². The van der Waals surface area contributed by atoms with E-state index in [0.717, 1.165) is 6.54 Å². The number of aryl methyl sites for hydroxylation is 1. The summed E-state index contributed by atoms with van der Waals surface area (Å²) in [4.78, 5) is 17.3. The molecule has 19 heavy (non-hydrogen) atoms. The molecule has 0 aromatic carbocycles. The summed E-state index contributed by atoms with van der Waals surface area (Å²) in [6.07, 6.45) is 0. The molecule has 6 nitrogen and oxygen atoms in total. The molecule has 2 aromatic heterocycles. The second-order valence-corrected chi connectivity index (χ2v) is 5.67. The van der Waals surface area contributed by atoms with Gasteiger partial charge < -0.3 is 15.5 Å². The molecule has 0 saturated heterocycles. The highest BCUT2D eigenvalue weighted by atomic mass is 32.1. The van der Waals surface area contributed by atoms with Crippen LogP contribution >= 0.6 is 11.3 Å². The minimum Gasteiger partial charge on any atom is -0.357 e. The van der Waals surface area contributed by atoms with Gasteiger partial charge in [0.2, 0.25) is 17.8 Å². The van der Waals surface area contributed by atoms with E-state index in [4.69, 9.17) is 0 Å². The number of thiophene rings is 1. The van der Waals surface area contributed by atoms with Crippen LogP contribution in [-0.2, 0) is 6.54 Å². The lowest BCUT2D eigenvalue weighted by atomic mass is 10.4. The summed E-state index contributed by atoms with van der Waals surface area (Å²) in [5.41, 5.74) is 0. The molecule has 0 saturated carbocycles. The maximum atomic E-state index is 4.36. The van der Waals surface area contributed by atoms with Crippen LogP contribution in [0, 0.1) is 6.92 Å². The molecule has 0 unspecified atom stereocenters. The van der Waals surface area contributed by atoms with Crippen molar-refractivity contribution in [2.45, 2.75) is 13.5 Å². The van der Waals surface area contributed by atoms with Crippen molar-refractivity contribution >= 4 is 29.2 Å². The van der Waals surface area contributed by atoms with Crippen LogP contribution in [-0.4, -0.2) is 36.1 Å². The Labute approximate surface area is 116 Å². The first-order chi connectivity index (χ1) is 9.08. The summed E-state index contributed by atoms with van der Waals surface area (Å²) in [5.74, 6) is 1.77. The predicted molar refractivity (Wildman–Crippen MR) is 80.1 cm³/mol. The molecule has 2 heterocycles. The smallest absolute Gasteiger partial charge is 0.231 e. The fourth-order valence-electron chi connectivity index (χ4n) is 1.50. The lowest BCUT2D eigenvalue weighted by molar-refractivity contribution is 0.947. The molecular weight excluding hydrogens is 260 g/mol. The number of nitrogens with zero attached hydrogens (tertiary/aromatic N) is 4. The Morgan fingerprint density at radius 3 is 2.47 bits per heavy atom. The van der Waals surface area contributed by atoms with Gasteiger partial charge in [0.15, 0.2) is 0 Å². The van der Waals surface area contributed by atoms with Crippen molar-refractivity contribution in [1.29, 1.82) is 0 Å². The lowest BCUT2D eigenvalue weighted by Crippen LogP contribution is -2.16. The van der Waals surface area contributed by atoms with Gasteiger partial charge in [-0.05, 0) is 19.1 Å². The molecule has 0 bridgehead atoms. The predicted octanol–water partition coefficient (Wildman–Crippen LogP) is 1.96. The highest BCUT2D eigenvalue weighted by Gasteiger charge is 2.07. The SMILES string of the molecule is CNc1nc(NCc2ccc(C)s2)nc(N(C)C)n1. The molecule has 0 radical (unpaired) electrons. The largest absolute Gasteiger partial charge is 0.357 e. The quantitative estimate of drug-likeness (QED) is 0.871. The number of anilines is 3. The number of hydrogen-bond acceptors (Lipinski definition) is 7. The van der Waals surface area contributed by atoms with Crippen molar-refractivity contribution in [3.8, 4) is 0 Å². The second kappa shape index (κ2) is 5.83. The summed E-state index contributed by atoms with van der Waals surface area (Å²) in [7, 11) is 5.60. The van der Waals surface area contributed by atoms with Gasteiger partial charge in [-0.1, -0.05) is 0 Å². The molecule has 0 atom stereocenters. The molecule has 102 valence electrons. The number of rotatable bonds is 5. The average Bonchev–Trinajstić information content (AvgIpc) is 2.81. The maximum Gasteiger partial charge on any atom is 0.231 e. The highest BCUT2D eigenvalue weighted by Crippen LogP contribution is 2.17. The van der Waals surface area contributed by atoms with Crippen LogP contribution in [0.5, 0.6) is 0 Å². The second-order valence-electron chi connectivity index (χ2n) is 4.29. The molecule has 0 amide bonds. The first-order valence-electron chi connectivity index (χ1n) is 5.99. The van der Waals surface area contributed by atoms with Crippen molar-refractivity contribution in [2.24, 2.45) is 0 Å². The Morgan fingerprint density at radius 1 is 1.16 bits per heavy atom. The van der Waals surface area contributed by atoms with E-state index in [9.17, 15) is 0 Å². The topological polar surface area (TPSA) is 66.0 Å². The highest BCUT2D eigenvalue weighted by molar-refractivity contribution is 7.11. The maximum absolute atomic E-state index is 4.36. The molecule has 7 heteroatoms. The summed E-state index contributed by atoms with van der Waals surface area (Å²) < 4.78 is 0. The summed E-state index contributed by atoms with van der Waals surface area (Å²) in [5, 5.41) is 6.16. The third-order valence-electron chi connectivity index (χ3n) is 2.46. The molecule has 2 N–H and O–H groups in total. The molecule has 2 rings (SSSR count). The van der Waals surface area contributed by atoms with Crippen molar-refractivity contribution in [3.63, 3.8) is 0 Å². The van der Waals surface area contributed by atoms with Gasteiger partial charge in [-0.25, -0.2) is 0 Å². The van der Waals surface area contributed by atoms with Gasteiger partial charge in [-0.15, -0.1) is 11.3 Å². The lowest BCUT2D eigenvalue weighted by Gasteiger charge is -2.12. The molecule has 0 spiro atoms. The van der Waals surface area contributed by atoms with E-state index in [-0.39, 0.29) is 0 Å². The van der Waals surface area contributed by atoms with Crippen LogP contribution in [0.25, 0.3) is 0 Å². The number of hydrogen-bond donors (Lipinski definition) is 2. The van der Waals surface area contributed by atoms with Crippen LogP contribution in [0.15, 0.2) is 12.1 Å².